The number of hydrogen-bond donors (Lipinski definition) is 0. The van der Waals surface area contributed by atoms with E-state index in [1.165, 1.54) is 5.56 Å². The summed E-state index contributed by atoms with van der Waals surface area (Å²) in [6.45, 7) is 6.54. The number of fused-ring (bicyclic) bond motifs is 1. The van der Waals surface area contributed by atoms with E-state index in [4.69, 9.17) is 18.9 Å². The van der Waals surface area contributed by atoms with Gasteiger partial charge in [0.05, 0.1) is 7.11 Å². The number of rotatable bonds is 6. The molecule has 1 heterocycles. The first-order valence-electron chi connectivity index (χ1n) is 7.54. The smallest absolute Gasteiger partial charge is 0.231 e. The van der Waals surface area contributed by atoms with Crippen LogP contribution in [0.25, 0.3) is 0 Å². The van der Waals surface area contributed by atoms with E-state index < -0.39 is 0 Å². The lowest BCUT2D eigenvalue weighted by Crippen LogP contribution is -2.02. The van der Waals surface area contributed by atoms with Crippen LogP contribution in [0.5, 0.6) is 23.0 Å². The summed E-state index contributed by atoms with van der Waals surface area (Å²) in [5.74, 6) is 3.25. The minimum atomic E-state index is 0.148. The van der Waals surface area contributed by atoms with Gasteiger partial charge in [-0.2, -0.15) is 0 Å². The third-order valence-electron chi connectivity index (χ3n) is 3.94. The monoisotopic (exact) mass is 312 g/mol. The van der Waals surface area contributed by atoms with E-state index in [2.05, 4.69) is 25.6 Å². The van der Waals surface area contributed by atoms with Crippen LogP contribution in [0.4, 0.5) is 0 Å². The van der Waals surface area contributed by atoms with Gasteiger partial charge in [0.2, 0.25) is 6.79 Å². The molecule has 2 aromatic rings. The number of methoxy groups -OCH3 is 1. The van der Waals surface area contributed by atoms with E-state index in [1.807, 2.05) is 24.3 Å². The summed E-state index contributed by atoms with van der Waals surface area (Å²) in [5, 5.41) is 0. The van der Waals surface area contributed by atoms with Crippen molar-refractivity contribution in [2.75, 3.05) is 20.5 Å². The number of benzene rings is 2. The third kappa shape index (κ3) is 3.11. The molecule has 3 rings (SSSR count). The second-order valence-electron chi connectivity index (χ2n) is 5.34. The molecule has 2 aromatic carbocycles. The second-order valence-corrected chi connectivity index (χ2v) is 5.34. The van der Waals surface area contributed by atoms with Crippen LogP contribution >= 0.6 is 0 Å². The van der Waals surface area contributed by atoms with Gasteiger partial charge in [0.25, 0.3) is 0 Å². The molecule has 4 heteroatoms. The standard InChI is InChI=1S/C19H20O4/c1-4-9-21-17-11-19-18(22-12-23-19)10-16(17)13(2)14-5-7-15(20-3)8-6-14/h4-8,10-11,13H,1,9,12H2,2-3H3/t13-/m1/s1. The van der Waals surface area contributed by atoms with E-state index in [-0.39, 0.29) is 12.7 Å². The molecule has 0 aromatic heterocycles. The first-order valence-corrected chi connectivity index (χ1v) is 7.54. The van der Waals surface area contributed by atoms with E-state index >= 15 is 0 Å². The lowest BCUT2D eigenvalue weighted by molar-refractivity contribution is 0.174. The van der Waals surface area contributed by atoms with Crippen LogP contribution < -0.4 is 18.9 Å². The van der Waals surface area contributed by atoms with Crippen LogP contribution in [0.3, 0.4) is 0 Å². The molecule has 0 fully saturated rings. The maximum Gasteiger partial charge on any atom is 0.231 e. The molecule has 0 spiro atoms. The predicted octanol–water partition coefficient (Wildman–Crippen LogP) is 4.14. The van der Waals surface area contributed by atoms with Crippen molar-refractivity contribution in [1.82, 2.24) is 0 Å². The number of hydrogen-bond acceptors (Lipinski definition) is 4. The van der Waals surface area contributed by atoms with Crippen molar-refractivity contribution >= 4 is 0 Å². The highest BCUT2D eigenvalue weighted by Gasteiger charge is 2.22. The van der Waals surface area contributed by atoms with Crippen molar-refractivity contribution in [1.29, 1.82) is 0 Å². The molecule has 1 atom stereocenters. The molecule has 0 saturated carbocycles. The molecule has 0 amide bonds. The van der Waals surface area contributed by atoms with Gasteiger partial charge < -0.3 is 18.9 Å². The van der Waals surface area contributed by atoms with Crippen molar-refractivity contribution in [2.45, 2.75) is 12.8 Å². The average Bonchev–Trinajstić information content (AvgIpc) is 3.06. The molecule has 0 radical (unpaired) electrons. The van der Waals surface area contributed by atoms with Crippen molar-refractivity contribution in [3.63, 3.8) is 0 Å². The lowest BCUT2D eigenvalue weighted by atomic mass is 9.92. The summed E-state index contributed by atoms with van der Waals surface area (Å²) in [6, 6.07) is 11.9. The van der Waals surface area contributed by atoms with E-state index in [9.17, 15) is 0 Å². The fraction of sp³-hybridized carbons (Fsp3) is 0.263. The Hall–Kier alpha value is -2.62. The Bertz CT molecular complexity index is 691. The Kier molecular flexibility index (Phi) is 4.42. The molecule has 0 saturated heterocycles. The van der Waals surface area contributed by atoms with Crippen LogP contribution in [0.1, 0.15) is 24.0 Å². The molecule has 4 nitrogen and oxygen atoms in total. The molecule has 120 valence electrons. The molecular formula is C19H20O4. The molecule has 1 aliphatic heterocycles. The quantitative estimate of drug-likeness (QED) is 0.751. The highest BCUT2D eigenvalue weighted by atomic mass is 16.7. The van der Waals surface area contributed by atoms with Gasteiger partial charge in [-0.1, -0.05) is 31.7 Å². The molecular weight excluding hydrogens is 292 g/mol. The fourth-order valence-corrected chi connectivity index (χ4v) is 2.62. The Labute approximate surface area is 136 Å². The van der Waals surface area contributed by atoms with E-state index in [0.29, 0.717) is 6.61 Å². The molecule has 0 unspecified atom stereocenters. The zero-order chi connectivity index (χ0) is 16.2. The highest BCUT2D eigenvalue weighted by Crippen LogP contribution is 2.42. The van der Waals surface area contributed by atoms with Gasteiger partial charge in [-0.25, -0.2) is 0 Å². The van der Waals surface area contributed by atoms with Gasteiger partial charge >= 0.3 is 0 Å². The summed E-state index contributed by atoms with van der Waals surface area (Å²) in [4.78, 5) is 0. The maximum absolute atomic E-state index is 5.82. The first-order chi connectivity index (χ1) is 11.2. The summed E-state index contributed by atoms with van der Waals surface area (Å²) < 4.78 is 22.0. The highest BCUT2D eigenvalue weighted by molar-refractivity contribution is 5.54. The average molecular weight is 312 g/mol. The minimum Gasteiger partial charge on any atom is -0.497 e. The summed E-state index contributed by atoms with van der Waals surface area (Å²) >= 11 is 0. The SMILES string of the molecule is C=CCOc1cc2c(cc1[C@H](C)c1ccc(OC)cc1)OCO2. The Morgan fingerprint density at radius 1 is 1.17 bits per heavy atom. The molecule has 0 N–H and O–H groups in total. The van der Waals surface area contributed by atoms with Gasteiger partial charge in [0.15, 0.2) is 11.5 Å². The van der Waals surface area contributed by atoms with Crippen molar-refractivity contribution < 1.29 is 18.9 Å². The van der Waals surface area contributed by atoms with Crippen LogP contribution in [0, 0.1) is 0 Å². The normalized spacial score (nSPS) is 13.5. The van der Waals surface area contributed by atoms with Crippen molar-refractivity contribution in [3.8, 4) is 23.0 Å². The summed E-state index contributed by atoms with van der Waals surface area (Å²) in [6.07, 6.45) is 1.73. The largest absolute Gasteiger partial charge is 0.497 e. The third-order valence-corrected chi connectivity index (χ3v) is 3.94. The predicted molar refractivity (Wildman–Crippen MR) is 88.8 cm³/mol. The molecule has 23 heavy (non-hydrogen) atoms. The van der Waals surface area contributed by atoms with Gasteiger partial charge in [-0.05, 0) is 23.8 Å². The fourth-order valence-electron chi connectivity index (χ4n) is 2.62. The Morgan fingerprint density at radius 3 is 2.52 bits per heavy atom. The van der Waals surface area contributed by atoms with Crippen LogP contribution in [-0.2, 0) is 0 Å². The van der Waals surface area contributed by atoms with Crippen molar-refractivity contribution in [2.24, 2.45) is 0 Å². The zero-order valence-electron chi connectivity index (χ0n) is 13.4. The topological polar surface area (TPSA) is 36.9 Å². The van der Waals surface area contributed by atoms with Gasteiger partial charge in [-0.3, -0.25) is 0 Å². The van der Waals surface area contributed by atoms with E-state index in [1.54, 1.807) is 13.2 Å². The zero-order valence-corrected chi connectivity index (χ0v) is 13.4. The number of ether oxygens (including phenoxy) is 4. The molecule has 0 aliphatic carbocycles. The van der Waals surface area contributed by atoms with E-state index in [0.717, 1.165) is 28.6 Å². The minimum absolute atomic E-state index is 0.148. The Morgan fingerprint density at radius 2 is 1.87 bits per heavy atom. The van der Waals surface area contributed by atoms with Gasteiger partial charge in [0, 0.05) is 17.5 Å². The van der Waals surface area contributed by atoms with Crippen LogP contribution in [-0.4, -0.2) is 20.5 Å². The van der Waals surface area contributed by atoms with Crippen molar-refractivity contribution in [3.05, 3.63) is 60.2 Å². The van der Waals surface area contributed by atoms with Crippen LogP contribution in [0.2, 0.25) is 0 Å². The van der Waals surface area contributed by atoms with Crippen LogP contribution in [0.15, 0.2) is 49.1 Å². The Balaban J connectivity index is 1.96. The van der Waals surface area contributed by atoms with Gasteiger partial charge in [-0.15, -0.1) is 0 Å². The summed E-state index contributed by atoms with van der Waals surface area (Å²) in [5.41, 5.74) is 2.23. The summed E-state index contributed by atoms with van der Waals surface area (Å²) in [7, 11) is 1.66. The molecule has 0 bridgehead atoms. The lowest BCUT2D eigenvalue weighted by Gasteiger charge is -2.18. The first kappa shape index (κ1) is 15.3. The second kappa shape index (κ2) is 6.65. The maximum atomic E-state index is 5.82. The molecule has 1 aliphatic rings. The van der Waals surface area contributed by atoms with Gasteiger partial charge in [0.1, 0.15) is 18.1 Å².